The van der Waals surface area contributed by atoms with Crippen LogP contribution in [0, 0.1) is 6.92 Å². The van der Waals surface area contributed by atoms with Gasteiger partial charge in [-0.1, -0.05) is 109 Å². The van der Waals surface area contributed by atoms with Crippen LogP contribution in [0.5, 0.6) is 0 Å². The number of fused-ring (bicyclic) bond motifs is 8. The molecule has 7 aromatic carbocycles. The number of rotatable bonds is 2. The van der Waals surface area contributed by atoms with E-state index in [-0.39, 0.29) is 24.2 Å². The molecule has 0 aliphatic carbocycles. The fourth-order valence-corrected chi connectivity index (χ4v) is 7.82. The Kier molecular flexibility index (Phi) is 4.08. The lowest BCUT2D eigenvalue weighted by atomic mass is 10.0. The van der Waals surface area contributed by atoms with Crippen molar-refractivity contribution in [3.05, 3.63) is 145 Å². The predicted octanol–water partition coefficient (Wildman–Crippen LogP) is 11.0. The minimum absolute atomic E-state index is 0.0194. The SMILES string of the molecule is [2H]c1cc2c3cccc4c5ccccc5n(c5c([2H])c(C)c([2H])c6c5c2c(c1[2H])n6-c1nc(-c2ccccc2)c2ccc5ccccc5c2n1)c34. The predicted molar refractivity (Wildman–Crippen MR) is 196 cm³/mol. The first-order chi connectivity index (χ1) is 24.9. The third-order valence-electron chi connectivity index (χ3n) is 9.73. The summed E-state index contributed by atoms with van der Waals surface area (Å²) < 4.78 is 42.0. The molecule has 0 bridgehead atoms. The Morgan fingerprint density at radius 2 is 1.30 bits per heavy atom. The standard InChI is InChI=1S/C43H26N4/c1-25-23-36-39-37(24-25)47(43-44-40(27-12-3-2-4-13-27)33-22-21-26-11-5-6-14-28(26)41(33)45-43)35-20-10-16-30(38(35)39)32-18-9-17-31-29-15-7-8-19-34(29)46(36)42(31)32/h2-24H,1H3/i10D,20D,23D,24D. The van der Waals surface area contributed by atoms with E-state index >= 15 is 0 Å². The molecule has 0 aliphatic rings. The van der Waals surface area contributed by atoms with E-state index in [9.17, 15) is 5.48 Å². The van der Waals surface area contributed by atoms with Crippen LogP contribution in [0.2, 0.25) is 0 Å². The quantitative estimate of drug-likeness (QED) is 0.185. The number of aromatic nitrogens is 4. The topological polar surface area (TPSA) is 35.1 Å². The smallest absolute Gasteiger partial charge is 0.235 e. The zero-order valence-electron chi connectivity index (χ0n) is 29.3. The van der Waals surface area contributed by atoms with Gasteiger partial charge in [0.15, 0.2) is 0 Å². The van der Waals surface area contributed by atoms with Gasteiger partial charge in [0.25, 0.3) is 0 Å². The van der Waals surface area contributed by atoms with Crippen LogP contribution in [0.15, 0.2) is 139 Å². The van der Waals surface area contributed by atoms with Crippen molar-refractivity contribution in [2.45, 2.75) is 6.92 Å². The molecule has 0 saturated carbocycles. The van der Waals surface area contributed by atoms with Crippen LogP contribution in [0.4, 0.5) is 0 Å². The highest BCUT2D eigenvalue weighted by atomic mass is 15.2. The fraction of sp³-hybridized carbons (Fsp3) is 0.0233. The van der Waals surface area contributed by atoms with Crippen molar-refractivity contribution in [3.63, 3.8) is 0 Å². The van der Waals surface area contributed by atoms with Gasteiger partial charge >= 0.3 is 0 Å². The van der Waals surface area contributed by atoms with E-state index in [0.717, 1.165) is 70.9 Å². The molecule has 0 unspecified atom stereocenters. The van der Waals surface area contributed by atoms with Gasteiger partial charge in [-0.25, -0.2) is 9.97 Å². The molecule has 0 amide bonds. The van der Waals surface area contributed by atoms with Gasteiger partial charge in [0.05, 0.1) is 44.3 Å². The van der Waals surface area contributed by atoms with Crippen LogP contribution in [-0.2, 0) is 0 Å². The number of hydrogen-bond donors (Lipinski definition) is 0. The lowest BCUT2D eigenvalue weighted by Gasteiger charge is -2.14. The number of nitrogens with zero attached hydrogens (tertiary/aromatic N) is 4. The van der Waals surface area contributed by atoms with E-state index in [4.69, 9.17) is 9.97 Å². The highest BCUT2D eigenvalue weighted by molar-refractivity contribution is 6.31. The summed E-state index contributed by atoms with van der Waals surface area (Å²) in [5, 5.41) is 8.14. The van der Waals surface area contributed by atoms with Gasteiger partial charge in [-0.15, -0.1) is 0 Å². The van der Waals surface area contributed by atoms with E-state index in [1.807, 2.05) is 72.2 Å². The molecule has 0 aliphatic heterocycles. The van der Waals surface area contributed by atoms with Crippen molar-refractivity contribution in [2.75, 3.05) is 0 Å². The van der Waals surface area contributed by atoms with E-state index < -0.39 is 0 Å². The normalized spacial score (nSPS) is 13.6. The van der Waals surface area contributed by atoms with E-state index in [1.54, 1.807) is 6.07 Å². The maximum absolute atomic E-state index is 9.67. The second kappa shape index (κ2) is 8.93. The Labute approximate surface area is 274 Å². The summed E-state index contributed by atoms with van der Waals surface area (Å²) in [6, 6.07) is 39.1. The average Bonchev–Trinajstić information content (AvgIpc) is 3.66. The van der Waals surface area contributed by atoms with Crippen LogP contribution < -0.4 is 0 Å². The summed E-state index contributed by atoms with van der Waals surface area (Å²) >= 11 is 0. The van der Waals surface area contributed by atoms with Crippen LogP contribution >= 0.6 is 0 Å². The first kappa shape index (κ1) is 21.5. The second-order valence-electron chi connectivity index (χ2n) is 12.3. The van der Waals surface area contributed by atoms with Crippen LogP contribution in [0.1, 0.15) is 11.0 Å². The Morgan fingerprint density at radius 3 is 2.19 bits per heavy atom. The first-order valence-electron chi connectivity index (χ1n) is 17.8. The molecule has 4 heteroatoms. The summed E-state index contributed by atoms with van der Waals surface area (Å²) in [4.78, 5) is 10.6. The molecule has 0 spiro atoms. The maximum atomic E-state index is 9.67. The molecular formula is C43H26N4. The van der Waals surface area contributed by atoms with Crippen molar-refractivity contribution in [1.82, 2.24) is 18.9 Å². The monoisotopic (exact) mass is 602 g/mol. The molecule has 11 rings (SSSR count). The van der Waals surface area contributed by atoms with Gasteiger partial charge in [-0.2, -0.15) is 0 Å². The van der Waals surface area contributed by atoms with Gasteiger partial charge < -0.3 is 4.40 Å². The molecule has 0 fully saturated rings. The minimum Gasteiger partial charge on any atom is -0.308 e. The lowest BCUT2D eigenvalue weighted by Crippen LogP contribution is -2.04. The van der Waals surface area contributed by atoms with Crippen LogP contribution in [0.3, 0.4) is 0 Å². The average molecular weight is 603 g/mol. The maximum Gasteiger partial charge on any atom is 0.235 e. The summed E-state index contributed by atoms with van der Waals surface area (Å²) in [6.07, 6.45) is 0. The fourth-order valence-electron chi connectivity index (χ4n) is 7.82. The highest BCUT2D eigenvalue weighted by Crippen LogP contribution is 2.44. The minimum atomic E-state index is 0.0194. The van der Waals surface area contributed by atoms with E-state index in [0.29, 0.717) is 33.4 Å². The second-order valence-corrected chi connectivity index (χ2v) is 12.3. The summed E-state index contributed by atoms with van der Waals surface area (Å²) in [6.45, 7) is 1.82. The van der Waals surface area contributed by atoms with Gasteiger partial charge in [0, 0.05) is 43.3 Å². The molecule has 218 valence electrons. The Morgan fingerprint density at radius 1 is 0.553 bits per heavy atom. The molecule has 0 radical (unpaired) electrons. The van der Waals surface area contributed by atoms with Gasteiger partial charge in [-0.3, -0.25) is 4.57 Å². The van der Waals surface area contributed by atoms with Gasteiger partial charge in [0.2, 0.25) is 5.95 Å². The summed E-state index contributed by atoms with van der Waals surface area (Å²) in [5.74, 6) is 0.315. The number of benzene rings is 7. The zero-order valence-corrected chi connectivity index (χ0v) is 25.3. The molecule has 0 saturated heterocycles. The van der Waals surface area contributed by atoms with Crippen molar-refractivity contribution in [1.29, 1.82) is 0 Å². The summed E-state index contributed by atoms with van der Waals surface area (Å²) in [7, 11) is 0. The first-order valence-corrected chi connectivity index (χ1v) is 15.8. The highest BCUT2D eigenvalue weighted by Gasteiger charge is 2.24. The zero-order chi connectivity index (χ0) is 34.3. The molecule has 47 heavy (non-hydrogen) atoms. The van der Waals surface area contributed by atoms with Crippen LogP contribution in [0.25, 0.3) is 98.8 Å². The van der Waals surface area contributed by atoms with Crippen molar-refractivity contribution in [3.8, 4) is 17.2 Å². The number of hydrogen-bond acceptors (Lipinski definition) is 2. The van der Waals surface area contributed by atoms with Crippen molar-refractivity contribution < 1.29 is 5.48 Å². The van der Waals surface area contributed by atoms with Crippen molar-refractivity contribution >= 4 is 81.6 Å². The van der Waals surface area contributed by atoms with Crippen molar-refractivity contribution in [2.24, 2.45) is 0 Å². The molecular weight excluding hydrogens is 573 g/mol. The molecule has 11 aromatic rings. The molecule has 0 atom stereocenters. The van der Waals surface area contributed by atoms with E-state index in [1.165, 1.54) is 0 Å². The van der Waals surface area contributed by atoms with Gasteiger partial charge in [0.1, 0.15) is 0 Å². The largest absolute Gasteiger partial charge is 0.308 e. The third kappa shape index (κ3) is 3.21. The molecule has 4 aromatic heterocycles. The molecule has 4 nitrogen and oxygen atoms in total. The molecule has 0 N–H and O–H groups in total. The third-order valence-corrected chi connectivity index (χ3v) is 9.73. The number of para-hydroxylation sites is 2. The Hall–Kier alpha value is -6.26. The summed E-state index contributed by atoms with van der Waals surface area (Å²) in [5.41, 5.74) is 6.47. The van der Waals surface area contributed by atoms with E-state index in [2.05, 4.69) is 52.9 Å². The van der Waals surface area contributed by atoms with Crippen LogP contribution in [-0.4, -0.2) is 18.9 Å². The Bertz CT molecular complexity index is 3310. The Balaban J connectivity index is 1.46. The lowest BCUT2D eigenvalue weighted by molar-refractivity contribution is 1.01. The molecule has 4 heterocycles. The van der Waals surface area contributed by atoms with Gasteiger partial charge in [-0.05, 0) is 53.5 Å².